The summed E-state index contributed by atoms with van der Waals surface area (Å²) >= 11 is 51.5. The van der Waals surface area contributed by atoms with Gasteiger partial charge in [0.1, 0.15) is 52.4 Å². The van der Waals surface area contributed by atoms with Crippen molar-refractivity contribution in [1.82, 2.24) is 43.6 Å². The van der Waals surface area contributed by atoms with Crippen LogP contribution < -0.4 is 5.32 Å². The number of nitrogens with one attached hydrogen (secondary N) is 1. The standard InChI is InChI=1S/C22H25BClN2O5P.C20H20BNO4.C8H17BClN2O3P.C6H12BNO2.C5H10BNO2.2C2H6Cl2NOP.2CH3Cl2OP/c1-25(2)32(24,28)30-13-15-11-26(12-21(23)31-15)22(27)29-14-20-18-9-5-3-7-16(18)17-8-4-6-10-19(17)20;21-19-10-22(9-13(11-23)26-19)20(24)25-12-18-16-7-3-1-5-14(16)15-6-2-4-8-17(15)18;1-11(2)16(10,13)14-6-7-4-12(3)5-8(9)15-7;1-8-2-5(4-9)10-6(7)3-8;6-5-2-7-1-4(3-8)9-5;2*1-5(2)7(3,4)6;2*1-5(2,3)4/h3-10,15,20-21H,11-14H2,1-2H3;1-8,13,18-19,23H,9-12H2;7-8H,4-6H2,1-3H3;5-6,9H,2-4H2,1H3;4-5,7-8H,1-3H2;2*1-2H3;2*1H3. The number of hydrogen-bond acceptors (Lipinski definition) is 23. The van der Waals surface area contributed by atoms with Crippen molar-refractivity contribution in [2.75, 3.05) is 196 Å². The molecule has 50 heteroatoms. The predicted octanol–water partition coefficient (Wildman–Crippen LogP) is 13.0. The fourth-order valence-corrected chi connectivity index (χ4v) is 12.8. The van der Waals surface area contributed by atoms with Gasteiger partial charge in [-0.15, -0.1) is 0 Å². The van der Waals surface area contributed by atoms with Gasteiger partial charge < -0.3 is 82.4 Å². The smallest absolute Gasteiger partial charge is 0.409 e. The first-order valence-electron chi connectivity index (χ1n) is 35.8. The number of rotatable bonds is 17. The van der Waals surface area contributed by atoms with Crippen LogP contribution in [0.2, 0.25) is 0 Å². The lowest BCUT2D eigenvalue weighted by Crippen LogP contribution is -2.51. The maximum atomic E-state index is 12.8. The zero-order chi connectivity index (χ0) is 88.7. The minimum Gasteiger partial charge on any atom is -0.448 e. The number of carbonyl (C=O) groups is 2. The van der Waals surface area contributed by atoms with E-state index in [1.54, 1.807) is 56.4 Å². The molecule has 4 aromatic carbocycles. The molecule has 7 aliphatic rings. The Hall–Kier alpha value is -0.655. The first-order valence-corrected chi connectivity index (χ1v) is 55.7. The summed E-state index contributed by atoms with van der Waals surface area (Å²) in [7, 11) is 44.8. The Labute approximate surface area is 743 Å². The molecule has 5 fully saturated rings. The highest BCUT2D eigenvalue weighted by molar-refractivity contribution is 8.08. The average Bonchev–Trinajstić information content (AvgIpc) is 1.62. The molecule has 0 bridgehead atoms. The number of morpholine rings is 5. The summed E-state index contributed by atoms with van der Waals surface area (Å²) in [5.41, 5.74) is 9.36. The Bertz CT molecular complexity index is 3820. The highest BCUT2D eigenvalue weighted by Gasteiger charge is 2.37. The lowest BCUT2D eigenvalue weighted by Gasteiger charge is -2.36. The van der Waals surface area contributed by atoms with Gasteiger partial charge in [-0.05, 0) is 227 Å². The van der Waals surface area contributed by atoms with Gasteiger partial charge in [-0.25, -0.2) is 28.3 Å². The second kappa shape index (κ2) is 53.2. The molecule has 10 radical (unpaired) electrons. The number of aliphatic hydroxyl groups is 3. The summed E-state index contributed by atoms with van der Waals surface area (Å²) in [6.07, 6.45) is -2.35. The fraction of sp³-hybridized carbons (Fsp3) is 0.612. The second-order valence-corrected chi connectivity index (χ2v) is 55.8. The molecule has 117 heavy (non-hydrogen) atoms. The molecule has 4 N–H and O–H groups in total. The predicted molar refractivity (Wildman–Crippen MR) is 477 cm³/mol. The first kappa shape index (κ1) is 111. The monoisotopic (exact) mass is 1940 g/mol. The van der Waals surface area contributed by atoms with E-state index in [1.165, 1.54) is 75.2 Å². The molecule has 2 amide bonds. The van der Waals surface area contributed by atoms with Crippen LogP contribution in [0, 0.1) is 0 Å². The molecule has 5 saturated heterocycles. The molecule has 4 aromatic rings. The number of carbonyl (C=O) groups excluding carboxylic acids is 2. The van der Waals surface area contributed by atoms with Crippen molar-refractivity contribution in [3.8, 4) is 22.3 Å². The third-order valence-corrected chi connectivity index (χ3v) is 27.5. The Morgan fingerprint density at radius 3 is 0.932 bits per heavy atom. The Morgan fingerprint density at radius 1 is 0.402 bits per heavy atom. The molecule has 2 aliphatic carbocycles. The van der Waals surface area contributed by atoms with Crippen LogP contribution in [-0.2, 0) is 69.6 Å². The molecule has 5 heterocycles. The zero-order valence-electron chi connectivity index (χ0n) is 66.9. The quantitative estimate of drug-likeness (QED) is 0.0564. The molecule has 12 atom stereocenters. The van der Waals surface area contributed by atoms with Gasteiger partial charge >= 0.3 is 37.9 Å². The minimum atomic E-state index is -3.43. The molecule has 11 rings (SSSR count). The second-order valence-electron chi connectivity index (χ2n) is 27.7. The lowest BCUT2D eigenvalue weighted by atomic mass is 9.97. The van der Waals surface area contributed by atoms with Gasteiger partial charge in [0.05, 0.1) is 76.6 Å². The highest BCUT2D eigenvalue weighted by atomic mass is 35.9. The van der Waals surface area contributed by atoms with Gasteiger partial charge in [-0.2, -0.15) is 0 Å². The molecule has 0 saturated carbocycles. The SMILES string of the molecule is CN(C)P(=O)(Cl)Cl.CN(C)P(=O)(Cl)Cl.CP(=O)(Cl)Cl.CP(=O)(Cl)Cl.[B]C1CN(C(=O)OCC2c3ccccc3-c3ccccc32)CC(CO)O1.[B]C1CN(C(=O)OCC2c3ccccc3-c3ccccc32)CC(COP(=O)(Cl)N(C)C)O1.[B]C1CN(C)CC(CO)O1.[B]C1CN(C)CC(COP(=O)(Cl)N(C)C)O1.[B]C1CNCC(CO)O1. The summed E-state index contributed by atoms with van der Waals surface area (Å²) in [4.78, 5) is 32.4. The largest absolute Gasteiger partial charge is 0.448 e. The van der Waals surface area contributed by atoms with Gasteiger partial charge in [0, 0.05) is 108 Å². The fourth-order valence-electron chi connectivity index (χ4n) is 11.3. The van der Waals surface area contributed by atoms with Crippen LogP contribution in [0.4, 0.5) is 9.59 Å². The lowest BCUT2D eigenvalue weighted by molar-refractivity contribution is -0.0671. The van der Waals surface area contributed by atoms with E-state index in [-0.39, 0.29) is 121 Å². The summed E-state index contributed by atoms with van der Waals surface area (Å²) in [5.74, 6) is -11.3. The number of amides is 2. The third-order valence-electron chi connectivity index (χ3n) is 16.7. The van der Waals surface area contributed by atoms with Crippen LogP contribution in [0.15, 0.2) is 97.1 Å². The van der Waals surface area contributed by atoms with Crippen molar-refractivity contribution in [2.24, 2.45) is 0 Å². The van der Waals surface area contributed by atoms with Crippen LogP contribution in [-0.4, -0.2) is 361 Å². The minimum absolute atomic E-state index is 0.0229. The number of fused-ring (bicyclic) bond motifs is 6. The molecular weight excluding hydrogens is 1850 g/mol. The van der Waals surface area contributed by atoms with Crippen molar-refractivity contribution in [3.05, 3.63) is 119 Å². The number of halogens is 10. The zero-order valence-corrected chi connectivity index (χ0v) is 79.8. The Balaban J connectivity index is 0.000000371. The van der Waals surface area contributed by atoms with Gasteiger partial charge in [0.25, 0.3) is 0 Å². The molecule has 5 aliphatic heterocycles. The van der Waals surface area contributed by atoms with E-state index >= 15 is 0 Å². The van der Waals surface area contributed by atoms with Gasteiger partial charge in [0.15, 0.2) is 0 Å². The Morgan fingerprint density at radius 2 is 0.658 bits per heavy atom. The first-order chi connectivity index (χ1) is 54.2. The van der Waals surface area contributed by atoms with Crippen molar-refractivity contribution in [1.29, 1.82) is 0 Å². The van der Waals surface area contributed by atoms with Gasteiger partial charge in [-0.1, -0.05) is 97.1 Å². The van der Waals surface area contributed by atoms with Gasteiger partial charge in [0.2, 0.25) is 11.7 Å². The number of benzene rings is 4. The maximum absolute atomic E-state index is 12.8. The summed E-state index contributed by atoms with van der Waals surface area (Å²) in [6.45, 7) is 1.63. The number of likely N-dealkylation sites (N-methyl/N-ethyl adjacent to an activating group) is 2. The van der Waals surface area contributed by atoms with Crippen LogP contribution in [0.25, 0.3) is 22.3 Å². The molecule has 650 valence electrons. The van der Waals surface area contributed by atoms with Crippen molar-refractivity contribution < 1.29 is 94.5 Å². The summed E-state index contributed by atoms with van der Waals surface area (Å²) < 4.78 is 118. The van der Waals surface area contributed by atoms with E-state index in [0.29, 0.717) is 26.2 Å². The number of aliphatic hydroxyl groups excluding tert-OH is 3. The van der Waals surface area contributed by atoms with E-state index in [1.807, 2.05) is 67.5 Å². The van der Waals surface area contributed by atoms with Crippen LogP contribution in [0.5, 0.6) is 0 Å². The molecular formula is C67H102B5Cl10N9O20P6. The topological polar surface area (TPSA) is 318 Å². The normalized spacial score (nSPS) is 23.7. The maximum Gasteiger partial charge on any atom is 0.409 e. The van der Waals surface area contributed by atoms with Crippen molar-refractivity contribution in [2.45, 2.75) is 72.4 Å². The van der Waals surface area contributed by atoms with Crippen LogP contribution in [0.1, 0.15) is 34.1 Å². The molecule has 0 spiro atoms. The number of hydrogen-bond donors (Lipinski definition) is 4. The van der Waals surface area contributed by atoms with Crippen LogP contribution >= 0.6 is 150 Å². The summed E-state index contributed by atoms with van der Waals surface area (Å²) in [6, 6.07) is 30.6. The number of nitrogens with zero attached hydrogens (tertiary/aromatic N) is 8. The van der Waals surface area contributed by atoms with E-state index in [0.717, 1.165) is 24.2 Å². The van der Waals surface area contributed by atoms with Gasteiger partial charge in [-0.3, -0.25) is 27.4 Å². The number of ether oxygens (including phenoxy) is 7. The van der Waals surface area contributed by atoms with E-state index in [2.05, 4.69) is 58.7 Å². The van der Waals surface area contributed by atoms with E-state index in [4.69, 9.17) is 204 Å². The average molecular weight is 1950 g/mol. The van der Waals surface area contributed by atoms with Crippen molar-refractivity contribution >= 4 is 201 Å². The molecule has 0 aromatic heterocycles. The third kappa shape index (κ3) is 43.1. The molecule has 12 unspecified atom stereocenters. The van der Waals surface area contributed by atoms with E-state index < -0.39 is 73.8 Å². The summed E-state index contributed by atoms with van der Waals surface area (Å²) in [5, 5.41) is 29.6. The van der Waals surface area contributed by atoms with Crippen LogP contribution in [0.3, 0.4) is 0 Å². The van der Waals surface area contributed by atoms with Crippen molar-refractivity contribution in [3.63, 3.8) is 0 Å². The highest BCUT2D eigenvalue weighted by Crippen LogP contribution is 2.59. The Kier molecular flexibility index (Phi) is 50.3. The molecule has 29 nitrogen and oxygen atoms in total. The van der Waals surface area contributed by atoms with E-state index in [9.17, 15) is 42.1 Å².